The van der Waals surface area contributed by atoms with Crippen molar-refractivity contribution in [3.05, 3.63) is 29.6 Å². The molecule has 1 aromatic heterocycles. The van der Waals surface area contributed by atoms with E-state index < -0.39 is 8.32 Å². The topological polar surface area (TPSA) is 39.2 Å². The first-order valence-corrected chi connectivity index (χ1v) is 8.71. The molecule has 0 aliphatic heterocycles. The Labute approximate surface area is 104 Å². The summed E-state index contributed by atoms with van der Waals surface area (Å²) in [5, 5.41) is 0.190. The Bertz CT molecular complexity index is 397. The Morgan fingerprint density at radius 2 is 2.06 bits per heavy atom. The summed E-state index contributed by atoms with van der Waals surface area (Å²) in [5.74, 6) is 0. The lowest BCUT2D eigenvalue weighted by atomic mass is 10.2. The molecule has 1 heterocycles. The minimum atomic E-state index is -1.74. The second-order valence-corrected chi connectivity index (χ2v) is 10.6. The Morgan fingerprint density at radius 1 is 1.41 bits per heavy atom. The van der Waals surface area contributed by atoms with Crippen LogP contribution in [0, 0.1) is 0 Å². The van der Waals surface area contributed by atoms with Gasteiger partial charge in [0, 0.05) is 11.8 Å². The maximum Gasteiger partial charge on any atom is 0.192 e. The van der Waals surface area contributed by atoms with Crippen LogP contribution in [0.15, 0.2) is 18.3 Å². The molecule has 0 amide bonds. The molecule has 0 aliphatic rings. The molecule has 0 bridgehead atoms. The molecule has 0 saturated carbocycles. The second kappa shape index (κ2) is 5.10. The van der Waals surface area contributed by atoms with E-state index in [9.17, 15) is 4.79 Å². The highest BCUT2D eigenvalue weighted by molar-refractivity contribution is 6.74. The normalized spacial score (nSPS) is 12.5. The summed E-state index contributed by atoms with van der Waals surface area (Å²) in [7, 11) is -1.74. The third-order valence-electron chi connectivity index (χ3n) is 3.36. The van der Waals surface area contributed by atoms with Crippen molar-refractivity contribution in [2.75, 3.05) is 0 Å². The van der Waals surface area contributed by atoms with Gasteiger partial charge in [-0.05, 0) is 30.3 Å². The van der Waals surface area contributed by atoms with Crippen LogP contribution >= 0.6 is 0 Å². The van der Waals surface area contributed by atoms with Gasteiger partial charge in [-0.25, -0.2) is 0 Å². The Kier molecular flexibility index (Phi) is 4.22. The van der Waals surface area contributed by atoms with Crippen LogP contribution < -0.4 is 0 Å². The predicted octanol–water partition coefficient (Wildman–Crippen LogP) is 3.42. The van der Waals surface area contributed by atoms with E-state index in [1.807, 2.05) is 0 Å². The molecule has 0 saturated heterocycles. The molecular formula is C13H21NO2Si. The third kappa shape index (κ3) is 3.75. The minimum absolute atomic E-state index is 0.190. The van der Waals surface area contributed by atoms with Gasteiger partial charge in [0.05, 0.1) is 12.3 Å². The van der Waals surface area contributed by atoms with E-state index in [-0.39, 0.29) is 5.04 Å². The SMILES string of the molecule is CC(C)(C)[Si](C)(C)OCc1cc(C=O)ccn1. The monoisotopic (exact) mass is 251 g/mol. The molecule has 0 spiro atoms. The van der Waals surface area contributed by atoms with Crippen molar-refractivity contribution in [1.29, 1.82) is 0 Å². The molecule has 3 nitrogen and oxygen atoms in total. The molecule has 0 fully saturated rings. The van der Waals surface area contributed by atoms with Crippen LogP contribution in [0.3, 0.4) is 0 Å². The quantitative estimate of drug-likeness (QED) is 0.608. The van der Waals surface area contributed by atoms with Gasteiger partial charge in [0.2, 0.25) is 0 Å². The van der Waals surface area contributed by atoms with Crippen molar-refractivity contribution in [1.82, 2.24) is 4.98 Å². The smallest absolute Gasteiger partial charge is 0.192 e. The number of pyridine rings is 1. The van der Waals surface area contributed by atoms with Gasteiger partial charge < -0.3 is 4.43 Å². The van der Waals surface area contributed by atoms with Crippen LogP contribution in [0.5, 0.6) is 0 Å². The maximum absolute atomic E-state index is 10.7. The zero-order valence-electron chi connectivity index (χ0n) is 11.3. The number of nitrogens with zero attached hydrogens (tertiary/aromatic N) is 1. The van der Waals surface area contributed by atoms with Gasteiger partial charge in [-0.3, -0.25) is 9.78 Å². The third-order valence-corrected chi connectivity index (χ3v) is 7.84. The molecule has 0 aromatic carbocycles. The average molecular weight is 251 g/mol. The van der Waals surface area contributed by atoms with Crippen LogP contribution in [0.25, 0.3) is 0 Å². The zero-order chi connectivity index (χ0) is 13.1. The summed E-state index contributed by atoms with van der Waals surface area (Å²) in [6.07, 6.45) is 2.48. The fraction of sp³-hybridized carbons (Fsp3) is 0.538. The van der Waals surface area contributed by atoms with Crippen molar-refractivity contribution in [2.45, 2.75) is 45.5 Å². The summed E-state index contributed by atoms with van der Waals surface area (Å²) >= 11 is 0. The fourth-order valence-electron chi connectivity index (χ4n) is 1.12. The summed E-state index contributed by atoms with van der Waals surface area (Å²) < 4.78 is 6.04. The highest BCUT2D eigenvalue weighted by atomic mass is 28.4. The van der Waals surface area contributed by atoms with E-state index >= 15 is 0 Å². The number of aldehydes is 1. The van der Waals surface area contributed by atoms with E-state index in [2.05, 4.69) is 38.8 Å². The van der Waals surface area contributed by atoms with Crippen LogP contribution in [0.4, 0.5) is 0 Å². The first-order valence-electron chi connectivity index (χ1n) is 5.80. The molecule has 17 heavy (non-hydrogen) atoms. The number of hydrogen-bond donors (Lipinski definition) is 0. The van der Waals surface area contributed by atoms with Gasteiger partial charge in [0.25, 0.3) is 0 Å². The van der Waals surface area contributed by atoms with Gasteiger partial charge in [-0.2, -0.15) is 0 Å². The fourth-order valence-corrected chi connectivity index (χ4v) is 2.06. The number of carbonyl (C=O) groups excluding carboxylic acids is 1. The van der Waals surface area contributed by atoms with Crippen molar-refractivity contribution >= 4 is 14.6 Å². The average Bonchev–Trinajstić information content (AvgIpc) is 2.25. The van der Waals surface area contributed by atoms with Crippen molar-refractivity contribution in [3.8, 4) is 0 Å². The Hall–Kier alpha value is -1.00. The molecule has 0 atom stereocenters. The van der Waals surface area contributed by atoms with Crippen LogP contribution in [-0.4, -0.2) is 19.6 Å². The van der Waals surface area contributed by atoms with E-state index in [1.54, 1.807) is 18.3 Å². The summed E-state index contributed by atoms with van der Waals surface area (Å²) in [5.41, 5.74) is 1.47. The van der Waals surface area contributed by atoms with Gasteiger partial charge >= 0.3 is 0 Å². The lowest BCUT2D eigenvalue weighted by Crippen LogP contribution is -2.40. The molecular weight excluding hydrogens is 230 g/mol. The van der Waals surface area contributed by atoms with Crippen molar-refractivity contribution < 1.29 is 9.22 Å². The first kappa shape index (κ1) is 14.1. The summed E-state index contributed by atoms with van der Waals surface area (Å²) in [6.45, 7) is 11.5. The molecule has 0 N–H and O–H groups in total. The lowest BCUT2D eigenvalue weighted by molar-refractivity contribution is 0.112. The van der Waals surface area contributed by atoms with Crippen LogP contribution in [-0.2, 0) is 11.0 Å². The molecule has 0 radical (unpaired) electrons. The van der Waals surface area contributed by atoms with E-state index in [1.165, 1.54) is 0 Å². The first-order chi connectivity index (χ1) is 7.76. The van der Waals surface area contributed by atoms with Gasteiger partial charge in [-0.1, -0.05) is 20.8 Å². The predicted molar refractivity (Wildman–Crippen MR) is 71.6 cm³/mol. The standard InChI is InChI=1S/C13H21NO2Si/c1-13(2,3)17(4,5)16-10-12-8-11(9-15)6-7-14-12/h6-9H,10H2,1-5H3. The van der Waals surface area contributed by atoms with E-state index in [0.29, 0.717) is 12.2 Å². The Morgan fingerprint density at radius 3 is 2.59 bits per heavy atom. The highest BCUT2D eigenvalue weighted by Gasteiger charge is 2.37. The van der Waals surface area contributed by atoms with Gasteiger partial charge in [0.15, 0.2) is 8.32 Å². The minimum Gasteiger partial charge on any atom is -0.411 e. The van der Waals surface area contributed by atoms with Crippen molar-refractivity contribution in [3.63, 3.8) is 0 Å². The largest absolute Gasteiger partial charge is 0.411 e. The van der Waals surface area contributed by atoms with Gasteiger partial charge in [-0.15, -0.1) is 0 Å². The van der Waals surface area contributed by atoms with Crippen molar-refractivity contribution in [2.24, 2.45) is 0 Å². The second-order valence-electron chi connectivity index (χ2n) is 5.75. The highest BCUT2D eigenvalue weighted by Crippen LogP contribution is 2.36. The van der Waals surface area contributed by atoms with Gasteiger partial charge in [0.1, 0.15) is 6.29 Å². The van der Waals surface area contributed by atoms with Crippen LogP contribution in [0.1, 0.15) is 36.8 Å². The Balaban J connectivity index is 2.70. The molecule has 4 heteroatoms. The summed E-state index contributed by atoms with van der Waals surface area (Å²) in [4.78, 5) is 14.9. The molecule has 0 aliphatic carbocycles. The number of hydrogen-bond acceptors (Lipinski definition) is 3. The number of rotatable bonds is 4. The number of carbonyl (C=O) groups is 1. The maximum atomic E-state index is 10.7. The molecule has 0 unspecified atom stereocenters. The summed E-state index contributed by atoms with van der Waals surface area (Å²) in [6, 6.07) is 3.48. The molecule has 1 rings (SSSR count). The zero-order valence-corrected chi connectivity index (χ0v) is 12.3. The van der Waals surface area contributed by atoms with E-state index in [4.69, 9.17) is 4.43 Å². The lowest BCUT2D eigenvalue weighted by Gasteiger charge is -2.36. The molecule has 1 aromatic rings. The van der Waals surface area contributed by atoms with E-state index in [0.717, 1.165) is 12.0 Å². The number of aromatic nitrogens is 1. The molecule has 94 valence electrons. The van der Waals surface area contributed by atoms with Crippen LogP contribution in [0.2, 0.25) is 18.1 Å².